The van der Waals surface area contributed by atoms with Crippen LogP contribution >= 0.6 is 0 Å². The fraction of sp³-hybridized carbons (Fsp3) is 0.571. The van der Waals surface area contributed by atoms with Gasteiger partial charge in [0.05, 0.1) is 19.0 Å². The summed E-state index contributed by atoms with van der Waals surface area (Å²) in [6.07, 6.45) is 12.9. The van der Waals surface area contributed by atoms with E-state index in [1.54, 1.807) is 18.0 Å². The van der Waals surface area contributed by atoms with E-state index in [-0.39, 0.29) is 17.3 Å². The lowest BCUT2D eigenvalue weighted by Crippen LogP contribution is -2.41. The van der Waals surface area contributed by atoms with Crippen LogP contribution in [-0.4, -0.2) is 31.9 Å². The highest BCUT2D eigenvalue weighted by Gasteiger charge is 2.17. The first-order chi connectivity index (χ1) is 13.6. The van der Waals surface area contributed by atoms with Crippen molar-refractivity contribution < 1.29 is 4.74 Å². The van der Waals surface area contributed by atoms with E-state index in [0.717, 1.165) is 44.2 Å². The first kappa shape index (κ1) is 20.3. The molecule has 0 spiro atoms. The molecule has 0 saturated carbocycles. The van der Waals surface area contributed by atoms with Gasteiger partial charge in [-0.1, -0.05) is 44.9 Å². The van der Waals surface area contributed by atoms with Crippen LogP contribution < -0.4 is 11.2 Å². The summed E-state index contributed by atoms with van der Waals surface area (Å²) in [6, 6.07) is 0. The molecule has 2 heterocycles. The predicted molar refractivity (Wildman–Crippen MR) is 110 cm³/mol. The quantitative estimate of drug-likeness (QED) is 0.674. The molecule has 1 aliphatic rings. The first-order valence-corrected chi connectivity index (χ1v) is 10.2. The van der Waals surface area contributed by atoms with Crippen LogP contribution in [0.3, 0.4) is 0 Å². The zero-order valence-electron chi connectivity index (χ0n) is 17.1. The van der Waals surface area contributed by atoms with Gasteiger partial charge in [-0.2, -0.15) is 0 Å². The predicted octanol–water partition coefficient (Wildman–Crippen LogP) is 2.98. The minimum atomic E-state index is -0.135. The molecule has 1 unspecified atom stereocenters. The average Bonchev–Trinajstić information content (AvgIpc) is 3.13. The monoisotopic (exact) mass is 385 g/mol. The summed E-state index contributed by atoms with van der Waals surface area (Å²) in [7, 11) is 1.70. The molecule has 0 saturated heterocycles. The minimum absolute atomic E-state index is 0.0865. The van der Waals surface area contributed by atoms with Crippen LogP contribution in [0, 0.1) is 5.41 Å². The summed E-state index contributed by atoms with van der Waals surface area (Å²) < 4.78 is 10.7. The van der Waals surface area contributed by atoms with Crippen molar-refractivity contribution in [1.82, 2.24) is 18.7 Å². The van der Waals surface area contributed by atoms with Gasteiger partial charge in [0.25, 0.3) is 5.56 Å². The normalized spacial score (nSPS) is 16.7. The number of hydrogen-bond acceptors (Lipinski definition) is 4. The number of methoxy groups -OCH3 is 1. The van der Waals surface area contributed by atoms with E-state index in [0.29, 0.717) is 24.3 Å². The number of fused-ring (bicyclic) bond motifs is 1. The third-order valence-corrected chi connectivity index (χ3v) is 5.26. The van der Waals surface area contributed by atoms with E-state index in [9.17, 15) is 4.79 Å². The maximum Gasteiger partial charge on any atom is 0.281 e. The molecule has 0 bridgehead atoms. The highest BCUT2D eigenvalue weighted by Crippen LogP contribution is 2.15. The molecule has 0 aromatic carbocycles. The molecule has 1 aliphatic carbocycles. The zero-order chi connectivity index (χ0) is 20.1. The van der Waals surface area contributed by atoms with Gasteiger partial charge in [-0.3, -0.25) is 19.3 Å². The van der Waals surface area contributed by atoms with E-state index in [4.69, 9.17) is 10.1 Å². The van der Waals surface area contributed by atoms with Crippen molar-refractivity contribution in [3.63, 3.8) is 0 Å². The lowest BCUT2D eigenvalue weighted by molar-refractivity contribution is 0.142. The standard InChI is InChI=1S/C21H31N5O2/c1-4-6-7-13-24-15-23-19-18(24)20(27)26(21(22)25(19)12-5-2)14-16-8-10-17(28-3)11-9-16/h8-10,15,17,22H,4-7,11-14H2,1-3H3. The van der Waals surface area contributed by atoms with Crippen molar-refractivity contribution in [2.24, 2.45) is 0 Å². The smallest absolute Gasteiger partial charge is 0.281 e. The highest BCUT2D eigenvalue weighted by molar-refractivity contribution is 5.70. The fourth-order valence-electron chi connectivity index (χ4n) is 3.66. The molecular weight excluding hydrogens is 354 g/mol. The second-order valence-corrected chi connectivity index (χ2v) is 7.33. The largest absolute Gasteiger partial charge is 0.377 e. The summed E-state index contributed by atoms with van der Waals surface area (Å²) in [6.45, 7) is 6.08. The van der Waals surface area contributed by atoms with Crippen LogP contribution in [0.15, 0.2) is 34.9 Å². The van der Waals surface area contributed by atoms with E-state index in [1.165, 1.54) is 0 Å². The molecule has 7 nitrogen and oxygen atoms in total. The van der Waals surface area contributed by atoms with Crippen molar-refractivity contribution in [3.8, 4) is 0 Å². The van der Waals surface area contributed by atoms with Crippen LogP contribution in [0.2, 0.25) is 0 Å². The number of hydrogen-bond donors (Lipinski definition) is 1. The Morgan fingerprint density at radius 1 is 1.21 bits per heavy atom. The van der Waals surface area contributed by atoms with E-state index >= 15 is 0 Å². The highest BCUT2D eigenvalue weighted by atomic mass is 16.5. The fourth-order valence-corrected chi connectivity index (χ4v) is 3.66. The van der Waals surface area contributed by atoms with E-state index in [2.05, 4.69) is 24.9 Å². The molecule has 2 aromatic rings. The molecule has 28 heavy (non-hydrogen) atoms. The number of imidazole rings is 1. The summed E-state index contributed by atoms with van der Waals surface area (Å²) in [5.74, 6) is 0. The molecule has 2 aromatic heterocycles. The van der Waals surface area contributed by atoms with Gasteiger partial charge in [-0.15, -0.1) is 0 Å². The maximum absolute atomic E-state index is 13.3. The lowest BCUT2D eigenvalue weighted by atomic mass is 10.1. The lowest BCUT2D eigenvalue weighted by Gasteiger charge is -2.17. The summed E-state index contributed by atoms with van der Waals surface area (Å²) in [5, 5.41) is 8.65. The van der Waals surface area contributed by atoms with Gasteiger partial charge in [-0.25, -0.2) is 4.98 Å². The number of ether oxygens (including phenoxy) is 1. The van der Waals surface area contributed by atoms with Gasteiger partial charge >= 0.3 is 0 Å². The molecule has 0 aliphatic heterocycles. The third kappa shape index (κ3) is 4.04. The Kier molecular flexibility index (Phi) is 6.67. The number of nitrogens with zero attached hydrogens (tertiary/aromatic N) is 4. The van der Waals surface area contributed by atoms with Gasteiger partial charge in [0.2, 0.25) is 5.62 Å². The van der Waals surface area contributed by atoms with Crippen LogP contribution in [0.5, 0.6) is 0 Å². The number of unbranched alkanes of at least 4 members (excludes halogenated alkanes) is 2. The second kappa shape index (κ2) is 9.19. The van der Waals surface area contributed by atoms with Crippen LogP contribution in [-0.2, 0) is 24.4 Å². The first-order valence-electron chi connectivity index (χ1n) is 10.2. The Labute approximate surface area is 165 Å². The molecule has 0 fully saturated rings. The number of aromatic nitrogens is 4. The molecule has 0 radical (unpaired) electrons. The van der Waals surface area contributed by atoms with Crippen molar-refractivity contribution in [1.29, 1.82) is 5.41 Å². The van der Waals surface area contributed by atoms with E-state index < -0.39 is 0 Å². The number of rotatable bonds is 9. The topological polar surface area (TPSA) is 77.8 Å². The van der Waals surface area contributed by atoms with Gasteiger partial charge < -0.3 is 9.30 Å². The van der Waals surface area contributed by atoms with Gasteiger partial charge in [-0.05, 0) is 24.8 Å². The summed E-state index contributed by atoms with van der Waals surface area (Å²) >= 11 is 0. The Balaban J connectivity index is 2.05. The molecule has 1 N–H and O–H groups in total. The summed E-state index contributed by atoms with van der Waals surface area (Å²) in [4.78, 5) is 17.8. The summed E-state index contributed by atoms with van der Waals surface area (Å²) in [5.41, 5.74) is 2.34. The SMILES string of the molecule is CCCCCn1cnc2c1c(=O)n(CC1=CCC(OC)C=C1)c(=N)n2CCC. The molecule has 152 valence electrons. The Hall–Kier alpha value is -2.41. The van der Waals surface area contributed by atoms with E-state index in [1.807, 2.05) is 21.3 Å². The third-order valence-electron chi connectivity index (χ3n) is 5.26. The Morgan fingerprint density at radius 3 is 2.68 bits per heavy atom. The molecule has 0 amide bonds. The Morgan fingerprint density at radius 2 is 2.04 bits per heavy atom. The van der Waals surface area contributed by atoms with Crippen LogP contribution in [0.1, 0.15) is 46.0 Å². The average molecular weight is 386 g/mol. The van der Waals surface area contributed by atoms with Gasteiger partial charge in [0.1, 0.15) is 0 Å². The molecular formula is C21H31N5O2. The molecule has 7 heteroatoms. The van der Waals surface area contributed by atoms with Gasteiger partial charge in [0, 0.05) is 20.2 Å². The van der Waals surface area contributed by atoms with Crippen molar-refractivity contribution >= 4 is 11.2 Å². The van der Waals surface area contributed by atoms with Crippen molar-refractivity contribution in [2.45, 2.75) is 71.7 Å². The maximum atomic E-state index is 13.3. The number of aryl methyl sites for hydroxylation is 2. The van der Waals surface area contributed by atoms with Gasteiger partial charge in [0.15, 0.2) is 11.2 Å². The minimum Gasteiger partial charge on any atom is -0.377 e. The van der Waals surface area contributed by atoms with Crippen molar-refractivity contribution in [3.05, 3.63) is 46.1 Å². The number of allylic oxidation sites excluding steroid dienone is 2. The van der Waals surface area contributed by atoms with Crippen LogP contribution in [0.4, 0.5) is 0 Å². The Bertz CT molecular complexity index is 993. The number of nitrogens with one attached hydrogen (secondary N) is 1. The van der Waals surface area contributed by atoms with Crippen molar-refractivity contribution in [2.75, 3.05) is 7.11 Å². The molecule has 3 rings (SSSR count). The zero-order valence-corrected chi connectivity index (χ0v) is 17.1. The molecule has 1 atom stereocenters. The second-order valence-electron chi connectivity index (χ2n) is 7.33. The van der Waals surface area contributed by atoms with Crippen LogP contribution in [0.25, 0.3) is 11.2 Å².